The summed E-state index contributed by atoms with van der Waals surface area (Å²) in [6, 6.07) is 0. The molecule has 0 aromatic rings. The molecule has 0 saturated heterocycles. The van der Waals surface area contributed by atoms with Gasteiger partial charge < -0.3 is 0 Å². The molecule has 8 heteroatoms. The van der Waals surface area contributed by atoms with Gasteiger partial charge >= 0.3 is 12.4 Å². The predicted octanol–water partition coefficient (Wildman–Crippen LogP) is 3.48. The smallest absolute Gasteiger partial charge is 0.169 e. The second kappa shape index (κ2) is 3.25. The summed E-state index contributed by atoms with van der Waals surface area (Å²) in [4.78, 5) is 0. The van der Waals surface area contributed by atoms with Crippen molar-refractivity contribution in [2.24, 2.45) is 0 Å². The van der Waals surface area contributed by atoms with Crippen molar-refractivity contribution in [3.63, 3.8) is 0 Å². The molecule has 0 atom stereocenters. The Hall–Kier alpha value is 0.350. The van der Waals surface area contributed by atoms with Gasteiger partial charge in [-0.1, -0.05) is 15.9 Å². The first kappa shape index (κ1) is 12.3. The normalized spacial score (nSPS) is 15.0. The lowest BCUT2D eigenvalue weighted by atomic mass is 10.1. The van der Waals surface area contributed by atoms with Crippen LogP contribution in [0.1, 0.15) is 0 Å². The van der Waals surface area contributed by atoms with Crippen molar-refractivity contribution < 1.29 is 26.3 Å². The average molecular weight is 279 g/mol. The molecule has 0 aliphatic rings. The van der Waals surface area contributed by atoms with Gasteiger partial charge in [0.25, 0.3) is 0 Å². The highest BCUT2D eigenvalue weighted by molar-refractivity contribution is 9.10. The molecule has 0 aliphatic heterocycles. The Morgan fingerprint density at radius 2 is 1.17 bits per heavy atom. The van der Waals surface area contributed by atoms with Gasteiger partial charge in [0.2, 0.25) is 4.32 Å². The van der Waals surface area contributed by atoms with Gasteiger partial charge in [-0.25, -0.2) is 0 Å². The highest BCUT2D eigenvalue weighted by Crippen LogP contribution is 2.49. The summed E-state index contributed by atoms with van der Waals surface area (Å²) in [5, 5.41) is 0. The Bertz CT molecular complexity index is 146. The minimum atomic E-state index is -5.45. The molecule has 0 N–H and O–H groups in total. The summed E-state index contributed by atoms with van der Waals surface area (Å²) >= 11 is 6.13. The van der Waals surface area contributed by atoms with Gasteiger partial charge in [0, 0.05) is 0 Å². The van der Waals surface area contributed by atoms with Gasteiger partial charge in [0.1, 0.15) is 0 Å². The fourth-order valence-corrected chi connectivity index (χ4v) is 0.615. The quantitative estimate of drug-likeness (QED) is 0.509. The second-order valence-corrected chi connectivity index (χ2v) is 3.55. The second-order valence-electron chi connectivity index (χ2n) is 1.93. The summed E-state index contributed by atoms with van der Waals surface area (Å²) in [5.74, 6) is -1.61. The Balaban J connectivity index is 4.95. The molecule has 0 saturated carbocycles. The molecule has 0 bridgehead atoms. The van der Waals surface area contributed by atoms with Crippen LogP contribution in [0.25, 0.3) is 0 Å². The first-order chi connectivity index (χ1) is 5.06. The van der Waals surface area contributed by atoms with Crippen molar-refractivity contribution in [1.29, 1.82) is 0 Å². The maximum Gasteiger partial charge on any atom is 0.413 e. The minimum Gasteiger partial charge on any atom is -0.169 e. The molecule has 0 nitrogen and oxygen atoms in total. The Morgan fingerprint density at radius 3 is 1.17 bits per heavy atom. The fraction of sp³-hybridized carbons (Fsp3) is 1.00. The SMILES string of the molecule is FC(F)(F)C(Br)(CCl)C(F)(F)F. The van der Waals surface area contributed by atoms with Crippen LogP contribution in [0.15, 0.2) is 0 Å². The Morgan fingerprint density at radius 1 is 0.917 bits per heavy atom. The van der Waals surface area contributed by atoms with Gasteiger partial charge in [-0.05, 0) is 0 Å². The van der Waals surface area contributed by atoms with Gasteiger partial charge in [-0.2, -0.15) is 26.3 Å². The third-order valence-electron chi connectivity index (χ3n) is 1.08. The summed E-state index contributed by atoms with van der Waals surface area (Å²) in [7, 11) is 0. The number of alkyl halides is 8. The van der Waals surface area contributed by atoms with Gasteiger partial charge in [0.15, 0.2) is 0 Å². The molecule has 0 fully saturated rings. The molecule has 0 aliphatic carbocycles. The van der Waals surface area contributed by atoms with Gasteiger partial charge in [0.05, 0.1) is 5.88 Å². The molecule has 0 aromatic carbocycles. The molecule has 12 heavy (non-hydrogen) atoms. The molecule has 0 unspecified atom stereocenters. The summed E-state index contributed by atoms with van der Waals surface area (Å²) in [6.45, 7) is 0. The molecule has 0 spiro atoms. The van der Waals surface area contributed by atoms with Crippen LogP contribution >= 0.6 is 27.5 Å². The van der Waals surface area contributed by atoms with E-state index < -0.39 is 22.6 Å². The fourth-order valence-electron chi connectivity index (χ4n) is 0.312. The Kier molecular flexibility index (Phi) is 3.34. The van der Waals surface area contributed by atoms with Crippen molar-refractivity contribution >= 4 is 27.5 Å². The standard InChI is InChI=1S/C4H2BrClF6/c5-2(1-6,3(7,8)9)4(10,11)12/h1H2. The first-order valence-electron chi connectivity index (χ1n) is 2.44. The molecule has 0 radical (unpaired) electrons. The molecular weight excluding hydrogens is 277 g/mol. The summed E-state index contributed by atoms with van der Waals surface area (Å²) < 4.78 is 66.5. The van der Waals surface area contributed by atoms with E-state index in [0.717, 1.165) is 0 Å². The molecule has 0 aromatic heterocycles. The molecular formula is C4H2BrClF6. The lowest BCUT2D eigenvalue weighted by Gasteiger charge is -2.29. The summed E-state index contributed by atoms with van der Waals surface area (Å²) in [6.07, 6.45) is -10.9. The van der Waals surface area contributed by atoms with E-state index in [1.807, 2.05) is 0 Å². The van der Waals surface area contributed by atoms with Crippen LogP contribution in [0.4, 0.5) is 26.3 Å². The van der Waals surface area contributed by atoms with E-state index in [2.05, 4.69) is 11.6 Å². The van der Waals surface area contributed by atoms with Crippen LogP contribution in [0.3, 0.4) is 0 Å². The minimum absolute atomic E-state index is 1.54. The van der Waals surface area contributed by atoms with Crippen LogP contribution in [-0.4, -0.2) is 22.6 Å². The average Bonchev–Trinajstić information content (AvgIpc) is 1.81. The van der Waals surface area contributed by atoms with Crippen LogP contribution < -0.4 is 0 Å². The molecule has 0 rings (SSSR count). The molecule has 0 heterocycles. The highest BCUT2D eigenvalue weighted by Gasteiger charge is 2.69. The van der Waals surface area contributed by atoms with E-state index in [-0.39, 0.29) is 0 Å². The van der Waals surface area contributed by atoms with E-state index in [1.54, 1.807) is 15.9 Å². The maximum atomic E-state index is 11.7. The van der Waals surface area contributed by atoms with Crippen molar-refractivity contribution in [2.75, 3.05) is 5.88 Å². The van der Waals surface area contributed by atoms with Crippen LogP contribution in [-0.2, 0) is 0 Å². The number of hydrogen-bond donors (Lipinski definition) is 0. The van der Waals surface area contributed by atoms with Crippen LogP contribution in [0.2, 0.25) is 0 Å². The molecule has 74 valence electrons. The number of halogens is 8. The van der Waals surface area contributed by atoms with Crippen molar-refractivity contribution in [1.82, 2.24) is 0 Å². The topological polar surface area (TPSA) is 0 Å². The van der Waals surface area contributed by atoms with Crippen molar-refractivity contribution in [3.05, 3.63) is 0 Å². The number of hydrogen-bond acceptors (Lipinski definition) is 0. The monoisotopic (exact) mass is 278 g/mol. The van der Waals surface area contributed by atoms with Crippen molar-refractivity contribution in [2.45, 2.75) is 16.7 Å². The van der Waals surface area contributed by atoms with E-state index in [1.165, 1.54) is 0 Å². The van der Waals surface area contributed by atoms with Crippen LogP contribution in [0.5, 0.6) is 0 Å². The van der Waals surface area contributed by atoms with Crippen LogP contribution in [0, 0.1) is 0 Å². The zero-order valence-corrected chi connectivity index (χ0v) is 7.57. The lowest BCUT2D eigenvalue weighted by molar-refractivity contribution is -0.255. The lowest BCUT2D eigenvalue weighted by Crippen LogP contribution is -2.53. The van der Waals surface area contributed by atoms with Crippen molar-refractivity contribution in [3.8, 4) is 0 Å². The van der Waals surface area contributed by atoms with E-state index in [9.17, 15) is 26.3 Å². The van der Waals surface area contributed by atoms with E-state index in [0.29, 0.717) is 0 Å². The van der Waals surface area contributed by atoms with E-state index >= 15 is 0 Å². The Labute approximate surface area is 77.0 Å². The third-order valence-corrected chi connectivity index (χ3v) is 2.99. The van der Waals surface area contributed by atoms with Gasteiger partial charge in [-0.3, -0.25) is 0 Å². The summed E-state index contributed by atoms with van der Waals surface area (Å²) in [5.41, 5.74) is 0. The zero-order valence-electron chi connectivity index (χ0n) is 5.23. The first-order valence-corrected chi connectivity index (χ1v) is 3.77. The zero-order chi connectivity index (χ0) is 10.2. The largest absolute Gasteiger partial charge is 0.413 e. The van der Waals surface area contributed by atoms with E-state index in [4.69, 9.17) is 0 Å². The maximum absolute atomic E-state index is 11.7. The molecule has 0 amide bonds. The highest BCUT2D eigenvalue weighted by atomic mass is 79.9. The van der Waals surface area contributed by atoms with Gasteiger partial charge in [-0.15, -0.1) is 11.6 Å². The predicted molar refractivity (Wildman–Crippen MR) is 34.5 cm³/mol. The third kappa shape index (κ3) is 1.99. The number of rotatable bonds is 1.